The van der Waals surface area contributed by atoms with E-state index in [4.69, 9.17) is 4.74 Å². The summed E-state index contributed by atoms with van der Waals surface area (Å²) < 4.78 is 19.7. The van der Waals surface area contributed by atoms with E-state index in [1.807, 2.05) is 6.07 Å². The molecule has 3 aromatic rings. The normalized spacial score (nSPS) is 14.2. The Balaban J connectivity index is 1.61. The molecular weight excluding hydrogens is 425 g/mol. The van der Waals surface area contributed by atoms with Crippen LogP contribution in [0.25, 0.3) is 0 Å². The number of fused-ring (bicyclic) bond motifs is 1. The number of ether oxygens (including phenoxy) is 1. The predicted molar refractivity (Wildman–Crippen MR) is 123 cm³/mol. The first-order valence-electron chi connectivity index (χ1n) is 10.3. The molecule has 0 aromatic heterocycles. The van der Waals surface area contributed by atoms with E-state index in [9.17, 15) is 18.8 Å². The highest BCUT2D eigenvalue weighted by atomic mass is 19.1. The van der Waals surface area contributed by atoms with E-state index < -0.39 is 29.1 Å². The molecule has 8 heteroatoms. The van der Waals surface area contributed by atoms with Crippen LogP contribution in [-0.4, -0.2) is 29.9 Å². The van der Waals surface area contributed by atoms with Gasteiger partial charge in [-0.15, -0.1) is 0 Å². The third-order valence-electron chi connectivity index (χ3n) is 5.12. The molecule has 33 heavy (non-hydrogen) atoms. The van der Waals surface area contributed by atoms with Crippen molar-refractivity contribution in [3.63, 3.8) is 0 Å². The van der Waals surface area contributed by atoms with E-state index >= 15 is 0 Å². The van der Waals surface area contributed by atoms with Crippen molar-refractivity contribution < 1.29 is 23.5 Å². The van der Waals surface area contributed by atoms with Gasteiger partial charge in [-0.25, -0.2) is 4.39 Å². The molecule has 0 saturated heterocycles. The number of carbonyl (C=O) groups excluding carboxylic acids is 3. The van der Waals surface area contributed by atoms with Crippen LogP contribution in [0.15, 0.2) is 72.8 Å². The fourth-order valence-electron chi connectivity index (χ4n) is 3.49. The summed E-state index contributed by atoms with van der Waals surface area (Å²) in [6.07, 6.45) is 0. The fraction of sp³-hybridized carbons (Fsp3) is 0.160. The van der Waals surface area contributed by atoms with Crippen LogP contribution in [0.4, 0.5) is 21.5 Å². The van der Waals surface area contributed by atoms with Gasteiger partial charge in [0.1, 0.15) is 18.1 Å². The summed E-state index contributed by atoms with van der Waals surface area (Å²) >= 11 is 0. The molecule has 3 amide bonds. The molecule has 0 spiro atoms. The highest BCUT2D eigenvalue weighted by Crippen LogP contribution is 2.38. The Morgan fingerprint density at radius 1 is 0.970 bits per heavy atom. The summed E-state index contributed by atoms with van der Waals surface area (Å²) in [4.78, 5) is 39.8. The minimum absolute atomic E-state index is 0.0350. The minimum Gasteiger partial charge on any atom is -0.476 e. The lowest BCUT2D eigenvalue weighted by Gasteiger charge is -2.38. The van der Waals surface area contributed by atoms with E-state index in [0.717, 1.165) is 0 Å². The zero-order valence-corrected chi connectivity index (χ0v) is 18.1. The van der Waals surface area contributed by atoms with E-state index in [2.05, 4.69) is 10.6 Å². The number of hydrogen-bond donors (Lipinski definition) is 2. The van der Waals surface area contributed by atoms with Gasteiger partial charge in [0, 0.05) is 11.3 Å². The SMILES string of the molecule is CC1(C)Oc2ccc(C(=O)Nc3ccccc3F)cc2N(CC(=O)Nc2ccccc2)C1=O. The van der Waals surface area contributed by atoms with Crippen LogP contribution in [0.2, 0.25) is 0 Å². The second-order valence-electron chi connectivity index (χ2n) is 8.03. The van der Waals surface area contributed by atoms with Gasteiger partial charge in [0.25, 0.3) is 11.8 Å². The van der Waals surface area contributed by atoms with Crippen molar-refractivity contribution in [2.45, 2.75) is 19.4 Å². The molecule has 0 unspecified atom stereocenters. The summed E-state index contributed by atoms with van der Waals surface area (Å²) in [6, 6.07) is 19.2. The summed E-state index contributed by atoms with van der Waals surface area (Å²) in [5.41, 5.74) is -0.101. The van der Waals surface area contributed by atoms with Gasteiger partial charge in [0.2, 0.25) is 5.91 Å². The molecule has 1 aliphatic rings. The van der Waals surface area contributed by atoms with Gasteiger partial charge in [0.05, 0.1) is 11.4 Å². The van der Waals surface area contributed by atoms with E-state index in [-0.39, 0.29) is 23.5 Å². The average Bonchev–Trinajstić information content (AvgIpc) is 2.78. The standard InChI is InChI=1S/C25H22FN3O4/c1-25(2)24(32)29(15-22(30)27-17-8-4-3-5-9-17)20-14-16(12-13-21(20)33-25)23(31)28-19-11-7-6-10-18(19)26/h3-14H,15H2,1-2H3,(H,27,30)(H,28,31). The van der Waals surface area contributed by atoms with Gasteiger partial charge < -0.3 is 15.4 Å². The molecule has 0 bridgehead atoms. The summed E-state index contributed by atoms with van der Waals surface area (Å²) in [5.74, 6) is -1.60. The maximum Gasteiger partial charge on any atom is 0.271 e. The summed E-state index contributed by atoms with van der Waals surface area (Å²) in [7, 11) is 0. The Bertz CT molecular complexity index is 1230. The molecule has 168 valence electrons. The minimum atomic E-state index is -1.20. The third kappa shape index (κ3) is 4.69. The summed E-state index contributed by atoms with van der Waals surface area (Å²) in [5, 5.41) is 5.26. The molecule has 0 radical (unpaired) electrons. The van der Waals surface area contributed by atoms with E-state index in [1.165, 1.54) is 35.2 Å². The summed E-state index contributed by atoms with van der Waals surface area (Å²) in [6.45, 7) is 2.95. The monoisotopic (exact) mass is 447 g/mol. The second kappa shape index (κ2) is 8.74. The highest BCUT2D eigenvalue weighted by Gasteiger charge is 2.41. The number of carbonyl (C=O) groups is 3. The van der Waals surface area contributed by atoms with Crippen molar-refractivity contribution in [2.24, 2.45) is 0 Å². The Kier molecular flexibility index (Phi) is 5.83. The van der Waals surface area contributed by atoms with Crippen LogP contribution in [0, 0.1) is 5.82 Å². The van der Waals surface area contributed by atoms with Gasteiger partial charge in [-0.1, -0.05) is 30.3 Å². The van der Waals surface area contributed by atoms with E-state index in [1.54, 1.807) is 50.2 Å². The molecule has 0 aliphatic carbocycles. The number of rotatable bonds is 5. The Morgan fingerprint density at radius 3 is 2.39 bits per heavy atom. The maximum absolute atomic E-state index is 13.9. The maximum atomic E-state index is 13.9. The lowest BCUT2D eigenvalue weighted by atomic mass is 10.0. The first-order valence-corrected chi connectivity index (χ1v) is 10.3. The number of nitrogens with one attached hydrogen (secondary N) is 2. The molecular formula is C25H22FN3O4. The quantitative estimate of drug-likeness (QED) is 0.613. The van der Waals surface area contributed by atoms with Crippen molar-refractivity contribution in [3.8, 4) is 5.75 Å². The fourth-order valence-corrected chi connectivity index (χ4v) is 3.49. The Morgan fingerprint density at radius 2 is 1.67 bits per heavy atom. The van der Waals surface area contributed by atoms with Crippen LogP contribution >= 0.6 is 0 Å². The number of hydrogen-bond acceptors (Lipinski definition) is 4. The third-order valence-corrected chi connectivity index (χ3v) is 5.12. The Hall–Kier alpha value is -4.20. The van der Waals surface area contributed by atoms with Crippen molar-refractivity contribution >= 4 is 34.8 Å². The zero-order chi connectivity index (χ0) is 23.6. The van der Waals surface area contributed by atoms with Gasteiger partial charge in [-0.3, -0.25) is 19.3 Å². The molecule has 4 rings (SSSR count). The van der Waals surface area contributed by atoms with Gasteiger partial charge in [-0.2, -0.15) is 0 Å². The first-order chi connectivity index (χ1) is 15.7. The van der Waals surface area contributed by atoms with Crippen LogP contribution in [-0.2, 0) is 9.59 Å². The molecule has 3 aromatic carbocycles. The molecule has 7 nitrogen and oxygen atoms in total. The molecule has 0 saturated carbocycles. The van der Waals surface area contributed by atoms with Gasteiger partial charge in [0.15, 0.2) is 5.60 Å². The van der Waals surface area contributed by atoms with Gasteiger partial charge in [-0.05, 0) is 56.3 Å². The van der Waals surface area contributed by atoms with Gasteiger partial charge >= 0.3 is 0 Å². The van der Waals surface area contributed by atoms with Crippen LogP contribution < -0.4 is 20.3 Å². The van der Waals surface area contributed by atoms with Crippen molar-refractivity contribution in [1.82, 2.24) is 0 Å². The Labute approximate surface area is 190 Å². The largest absolute Gasteiger partial charge is 0.476 e. The van der Waals surface area contributed by atoms with Crippen LogP contribution in [0.1, 0.15) is 24.2 Å². The number of nitrogens with zero attached hydrogens (tertiary/aromatic N) is 1. The number of halogens is 1. The molecule has 1 heterocycles. The van der Waals surface area contributed by atoms with Crippen molar-refractivity contribution in [2.75, 3.05) is 22.1 Å². The number of para-hydroxylation sites is 2. The molecule has 0 atom stereocenters. The average molecular weight is 447 g/mol. The number of amides is 3. The number of benzene rings is 3. The van der Waals surface area contributed by atoms with Crippen LogP contribution in [0.5, 0.6) is 5.75 Å². The molecule has 2 N–H and O–H groups in total. The second-order valence-corrected chi connectivity index (χ2v) is 8.03. The van der Waals surface area contributed by atoms with Crippen molar-refractivity contribution in [3.05, 3.63) is 84.2 Å². The lowest BCUT2D eigenvalue weighted by molar-refractivity contribution is -0.133. The smallest absolute Gasteiger partial charge is 0.271 e. The predicted octanol–water partition coefficient (Wildman–Crippen LogP) is 4.22. The lowest BCUT2D eigenvalue weighted by Crippen LogP contribution is -2.54. The van der Waals surface area contributed by atoms with Crippen molar-refractivity contribution in [1.29, 1.82) is 0 Å². The topological polar surface area (TPSA) is 87.7 Å². The number of anilines is 3. The highest BCUT2D eigenvalue weighted by molar-refractivity contribution is 6.10. The first kappa shape index (κ1) is 22.0. The zero-order valence-electron chi connectivity index (χ0n) is 18.1. The van der Waals surface area contributed by atoms with E-state index in [0.29, 0.717) is 11.4 Å². The molecule has 1 aliphatic heterocycles. The van der Waals surface area contributed by atoms with Crippen LogP contribution in [0.3, 0.4) is 0 Å². The molecule has 0 fully saturated rings.